The molecule has 89 heavy (non-hydrogen) atoms. The third-order valence-corrected chi connectivity index (χ3v) is 14.8. The number of imidazole rings is 2. The van der Waals surface area contributed by atoms with Crippen LogP contribution < -0.4 is 29.6 Å². The van der Waals surface area contributed by atoms with Gasteiger partial charge in [-0.1, -0.05) is 115 Å². The molecule has 0 spiro atoms. The number of rotatable bonds is 14. The van der Waals surface area contributed by atoms with Crippen molar-refractivity contribution in [3.05, 3.63) is 120 Å². The summed E-state index contributed by atoms with van der Waals surface area (Å²) >= 11 is 0. The minimum atomic E-state index is -0.833. The zero-order valence-corrected chi connectivity index (χ0v) is 52.9. The van der Waals surface area contributed by atoms with E-state index in [0.717, 1.165) is 126 Å². The van der Waals surface area contributed by atoms with Gasteiger partial charge in [0.2, 0.25) is 19.5 Å². The van der Waals surface area contributed by atoms with Gasteiger partial charge in [-0.25, -0.2) is 24.4 Å². The first-order valence-electron chi connectivity index (χ1n) is 30.3. The molecule has 0 saturated carbocycles. The summed E-state index contributed by atoms with van der Waals surface area (Å²) in [5, 5.41) is 12.3. The lowest BCUT2D eigenvalue weighted by Crippen LogP contribution is -2.51. The second-order valence-electron chi connectivity index (χ2n) is 21.9. The molecule has 5 N–H and O–H groups in total. The first kappa shape index (κ1) is 69.0. The van der Waals surface area contributed by atoms with Crippen molar-refractivity contribution >= 4 is 36.4 Å². The number of alkyl carbamates (subject to hydrolysis) is 2. The molecule has 2 saturated heterocycles. The van der Waals surface area contributed by atoms with Crippen molar-refractivity contribution in [2.45, 2.75) is 131 Å². The highest BCUT2D eigenvalue weighted by Gasteiger charge is 2.38. The Morgan fingerprint density at radius 2 is 1.40 bits per heavy atom. The number of fused-ring (bicyclic) bond motifs is 4. The van der Waals surface area contributed by atoms with Gasteiger partial charge in [0.25, 0.3) is 5.97 Å². The maximum Gasteiger partial charge on any atom is 0.410 e. The number of carbonyl (C=O) groups excluding carboxylic acids is 5. The van der Waals surface area contributed by atoms with E-state index in [-0.39, 0.29) is 43.4 Å². The maximum absolute atomic E-state index is 13.4. The van der Waals surface area contributed by atoms with Crippen LogP contribution >= 0.6 is 0 Å². The number of hydrogen-bond donors (Lipinski definition) is 5. The zero-order valence-electron chi connectivity index (χ0n) is 52.9. The Labute approximate surface area is 521 Å². The molecule has 3 atom stereocenters. The predicted molar refractivity (Wildman–Crippen MR) is 335 cm³/mol. The molecule has 480 valence electrons. The van der Waals surface area contributed by atoms with Crippen molar-refractivity contribution in [2.75, 3.05) is 61.0 Å². The number of methoxy groups -OCH3 is 2. The molecule has 23 heteroatoms. The summed E-state index contributed by atoms with van der Waals surface area (Å²) in [6, 6.07) is 24.0. The third kappa shape index (κ3) is 19.7. The van der Waals surface area contributed by atoms with Crippen LogP contribution in [0.4, 0.5) is 14.4 Å². The van der Waals surface area contributed by atoms with Gasteiger partial charge in [0.15, 0.2) is 23.0 Å². The van der Waals surface area contributed by atoms with E-state index in [1.54, 1.807) is 11.2 Å². The molecule has 4 aromatic carbocycles. The van der Waals surface area contributed by atoms with Crippen molar-refractivity contribution in [1.82, 2.24) is 45.3 Å². The van der Waals surface area contributed by atoms with Crippen LogP contribution in [0, 0.1) is 5.92 Å². The highest BCUT2D eigenvalue weighted by atomic mass is 16.7. The van der Waals surface area contributed by atoms with E-state index < -0.39 is 24.2 Å². The number of carboxylic acids is 1. The van der Waals surface area contributed by atoms with Gasteiger partial charge in [-0.3, -0.25) is 14.5 Å². The lowest BCUT2D eigenvalue weighted by atomic mass is 9.99. The molecule has 11 rings (SSSR count). The second kappa shape index (κ2) is 35.0. The van der Waals surface area contributed by atoms with Gasteiger partial charge in [0, 0.05) is 44.2 Å². The molecule has 0 bridgehead atoms. The number of unbranched alkanes of at least 4 members (excludes halogenated alkanes) is 1. The number of likely N-dealkylation sites (N-methyl/N-ethyl adjacent to an activating group) is 1. The largest absolute Gasteiger partial charge is 0.481 e. The van der Waals surface area contributed by atoms with E-state index in [1.807, 2.05) is 56.4 Å². The Hall–Kier alpha value is -9.12. The molecule has 0 aliphatic carbocycles. The van der Waals surface area contributed by atoms with Crippen molar-refractivity contribution in [2.24, 2.45) is 5.92 Å². The highest BCUT2D eigenvalue weighted by Crippen LogP contribution is 2.42. The van der Waals surface area contributed by atoms with Crippen LogP contribution in [0.3, 0.4) is 0 Å². The molecule has 2 aromatic heterocycles. The van der Waals surface area contributed by atoms with Crippen LogP contribution in [-0.2, 0) is 54.5 Å². The van der Waals surface area contributed by atoms with E-state index in [9.17, 15) is 24.0 Å². The van der Waals surface area contributed by atoms with Crippen LogP contribution in [0.15, 0.2) is 91.5 Å². The standard InChI is InChI=1S/C29H32N6O3.C15H18N2O4.C13H18O2.C4H7NO3.C3H8.C2H4O2/c1-18(2)26(34-29(37)38-3)28(36)35-14-4-5-25(35)27-31-16-24(33-27)22-12-8-20(9-13-22)19-6-10-21(11-7-19)23-15-30-17-32-23;1-16-5-4-11(7-16)21-15(18)17-6-10-2-3-13-14(12(10)8-17)20-9-19-13;1-3-5-6-10-7-8-12-13(11(10)4-2)15-9-14-12;1-8-4(7)5-2-3-6;1-3-2;1-2(3)4/h6-13,15-18,25-26H,4-5,14H2,1-3H3,(H,30,32)(H,31,33)(H,34,37);2-3,11H,4-9H2,1H3;7-8H,3-6,9H2,1-2H3;3H,2H2,1H3,(H,5,7);3H2,1-2H3;1H3,(H,3,4). The lowest BCUT2D eigenvalue weighted by molar-refractivity contribution is -0.136. The fourth-order valence-corrected chi connectivity index (χ4v) is 10.4. The summed E-state index contributed by atoms with van der Waals surface area (Å²) in [4.78, 5) is 87.1. The Morgan fingerprint density at radius 3 is 1.98 bits per heavy atom. The number of aliphatic carboxylic acids is 1. The molecule has 6 aromatic rings. The number of aryl methyl sites for hydroxylation is 1. The van der Waals surface area contributed by atoms with E-state index in [0.29, 0.717) is 32.7 Å². The number of ether oxygens (including phenoxy) is 7. The van der Waals surface area contributed by atoms with Crippen molar-refractivity contribution in [1.29, 1.82) is 0 Å². The summed E-state index contributed by atoms with van der Waals surface area (Å²) in [6.45, 7) is 17.7. The zero-order chi connectivity index (χ0) is 64.4. The number of hydrogen-bond acceptors (Lipinski definition) is 16. The maximum atomic E-state index is 13.4. The smallest absolute Gasteiger partial charge is 0.410 e. The monoisotopic (exact) mass is 1230 g/mol. The van der Waals surface area contributed by atoms with Gasteiger partial charge >= 0.3 is 18.3 Å². The number of H-pyrrole nitrogens is 2. The summed E-state index contributed by atoms with van der Waals surface area (Å²) in [5.74, 6) is 3.16. The molecule has 5 aliphatic heterocycles. The molecule has 7 heterocycles. The number of aldehydes is 1. The van der Waals surface area contributed by atoms with Crippen LogP contribution in [-0.4, -0.2) is 149 Å². The number of carboxylic acid groups (broad SMARTS) is 1. The van der Waals surface area contributed by atoms with E-state index in [1.165, 1.54) is 44.6 Å². The van der Waals surface area contributed by atoms with Gasteiger partial charge in [0.05, 0.1) is 63.5 Å². The minimum Gasteiger partial charge on any atom is -0.481 e. The summed E-state index contributed by atoms with van der Waals surface area (Å²) in [7, 11) is 4.57. The summed E-state index contributed by atoms with van der Waals surface area (Å²) < 4.78 is 36.2. The fourth-order valence-electron chi connectivity index (χ4n) is 10.4. The number of aromatic nitrogens is 4. The van der Waals surface area contributed by atoms with Crippen molar-refractivity contribution in [3.8, 4) is 56.6 Å². The number of likely N-dealkylation sites (tertiary alicyclic amines) is 2. The van der Waals surface area contributed by atoms with Gasteiger partial charge in [-0.2, -0.15) is 0 Å². The Morgan fingerprint density at radius 1 is 0.787 bits per heavy atom. The minimum absolute atomic E-state index is 0.00662. The molecular formula is C66H87N9O14. The quantitative estimate of drug-likeness (QED) is 0.0501. The fraction of sp³-hybridized carbons (Fsp3) is 0.455. The highest BCUT2D eigenvalue weighted by molar-refractivity contribution is 5.86. The molecule has 5 aliphatic rings. The third-order valence-electron chi connectivity index (χ3n) is 14.8. The van der Waals surface area contributed by atoms with Gasteiger partial charge in [-0.15, -0.1) is 0 Å². The van der Waals surface area contributed by atoms with E-state index in [4.69, 9.17) is 38.3 Å². The van der Waals surface area contributed by atoms with E-state index >= 15 is 0 Å². The molecule has 2 fully saturated rings. The Kier molecular flexibility index (Phi) is 27.1. The first-order valence-corrected chi connectivity index (χ1v) is 30.3. The van der Waals surface area contributed by atoms with Gasteiger partial charge in [0.1, 0.15) is 24.3 Å². The van der Waals surface area contributed by atoms with Crippen LogP contribution in [0.2, 0.25) is 0 Å². The predicted octanol–water partition coefficient (Wildman–Crippen LogP) is 11.1. The first-order chi connectivity index (χ1) is 43.0. The average Bonchev–Trinajstić information content (AvgIpc) is 2.01. The van der Waals surface area contributed by atoms with Crippen molar-refractivity contribution in [3.63, 3.8) is 0 Å². The molecular weight excluding hydrogens is 1140 g/mol. The number of carbonyl (C=O) groups is 6. The van der Waals surface area contributed by atoms with Crippen LogP contribution in [0.25, 0.3) is 33.6 Å². The average molecular weight is 1230 g/mol. The summed E-state index contributed by atoms with van der Waals surface area (Å²) in [6.07, 6.45) is 13.0. The number of amides is 4. The Balaban J connectivity index is 0.000000206. The molecule has 3 unspecified atom stereocenters. The van der Waals surface area contributed by atoms with E-state index in [2.05, 4.69) is 122 Å². The lowest BCUT2D eigenvalue weighted by Gasteiger charge is -2.30. The normalized spacial score (nSPS) is 15.8. The van der Waals surface area contributed by atoms with Crippen molar-refractivity contribution < 1.29 is 67.0 Å². The molecule has 23 nitrogen and oxygen atoms in total. The number of nitrogens with zero attached hydrogens (tertiary/aromatic N) is 5. The number of aromatic amines is 2. The molecule has 4 amide bonds. The van der Waals surface area contributed by atoms with Crippen LogP contribution in [0.1, 0.15) is 121 Å². The summed E-state index contributed by atoms with van der Waals surface area (Å²) in [5.41, 5.74) is 11.2. The number of benzene rings is 4. The van der Waals surface area contributed by atoms with Gasteiger partial charge in [-0.05, 0) is 97.0 Å². The van der Waals surface area contributed by atoms with Gasteiger partial charge < -0.3 is 73.5 Å². The SMILES string of the molecule is CC(=O)O.CCC.CCCCc1ccc2c(c1CC)OCO2.CN1CCC(OC(=O)N2Cc3ccc4c(c3C2)OCO4)C1.COC(=O)NC(C(=O)N1CCCC1c1ncc(-c2ccc(-c3ccc(-c4cnc[nH]4)cc3)cc2)[nH]1)C(C)C.COC(=O)NCC=O. The Bertz CT molecular complexity index is 3220. The molecule has 0 radical (unpaired) electrons. The van der Waals surface area contributed by atoms with Crippen LogP contribution in [0.5, 0.6) is 23.0 Å². The topological polar surface area (TPSA) is 278 Å². The number of nitrogens with one attached hydrogen (secondary N) is 4. The second-order valence-corrected chi connectivity index (χ2v) is 21.9.